The second kappa shape index (κ2) is 25.0. The van der Waals surface area contributed by atoms with Crippen LogP contribution in [0, 0.1) is 17.3 Å². The Labute approximate surface area is 367 Å². The zero-order valence-electron chi connectivity index (χ0n) is 37.2. The van der Waals surface area contributed by atoms with Gasteiger partial charge in [0.1, 0.15) is 36.0 Å². The Kier molecular flexibility index (Phi) is 22.1. The third-order valence-electron chi connectivity index (χ3n) is 9.56. The lowest BCUT2D eigenvalue weighted by Gasteiger charge is -2.36. The molecular weight excluding hydrogens is 829 g/mol. The van der Waals surface area contributed by atoms with E-state index in [9.17, 15) is 58.5 Å². The summed E-state index contributed by atoms with van der Waals surface area (Å²) in [6.45, 7) is 11.2. The van der Waals surface area contributed by atoms with Crippen molar-refractivity contribution in [1.82, 2.24) is 31.1 Å². The number of phenols is 1. The highest BCUT2D eigenvalue weighted by Gasteiger charge is 2.44. The van der Waals surface area contributed by atoms with Gasteiger partial charge in [-0.15, -0.1) is 0 Å². The largest absolute Gasteiger partial charge is 0.508 e. The van der Waals surface area contributed by atoms with Gasteiger partial charge in [-0.3, -0.25) is 43.3 Å². The molecule has 0 aromatic heterocycles. The monoisotopic (exact) mass is 894 g/mol. The average molecular weight is 895 g/mol. The second-order valence-corrected chi connectivity index (χ2v) is 18.2. The smallest absolute Gasteiger partial charge is 0.326 e. The number of aromatic hydroxyl groups is 1. The first kappa shape index (κ1) is 54.7. The van der Waals surface area contributed by atoms with Gasteiger partial charge in [-0.1, -0.05) is 60.6 Å². The molecule has 0 aliphatic carbocycles. The van der Waals surface area contributed by atoms with Crippen molar-refractivity contribution >= 4 is 65.1 Å². The minimum atomic E-state index is -2.21. The van der Waals surface area contributed by atoms with E-state index < -0.39 is 126 Å². The zero-order valence-corrected chi connectivity index (χ0v) is 38.0. The summed E-state index contributed by atoms with van der Waals surface area (Å²) < 4.78 is 0. The molecular formula is C41H66N8O12S. The highest BCUT2D eigenvalue weighted by atomic mass is 32.2. The molecule has 0 aliphatic rings. The van der Waals surface area contributed by atoms with E-state index in [1.54, 1.807) is 46.8 Å². The Morgan fingerprint density at radius 2 is 1.24 bits per heavy atom. The summed E-state index contributed by atoms with van der Waals surface area (Å²) in [5, 5.41) is 39.7. The number of aliphatic carboxylic acids is 2. The van der Waals surface area contributed by atoms with Crippen LogP contribution in [0.1, 0.15) is 79.7 Å². The normalized spacial score (nSPS) is 14.9. The molecule has 1 rings (SSSR count). The predicted octanol–water partition coefficient (Wildman–Crippen LogP) is -0.209. The maximum atomic E-state index is 14.7. The number of imide groups is 1. The fourth-order valence-electron chi connectivity index (χ4n) is 6.03. The van der Waals surface area contributed by atoms with Crippen LogP contribution in [0.5, 0.6) is 5.75 Å². The lowest BCUT2D eigenvalue weighted by molar-refractivity contribution is -0.158. The topological polar surface area (TPSA) is 321 Å². The van der Waals surface area contributed by atoms with Crippen LogP contribution >= 0.6 is 11.8 Å². The van der Waals surface area contributed by atoms with E-state index in [0.29, 0.717) is 17.7 Å². The Morgan fingerprint density at radius 3 is 1.71 bits per heavy atom. The van der Waals surface area contributed by atoms with Gasteiger partial charge in [0.05, 0.1) is 24.9 Å². The van der Waals surface area contributed by atoms with Crippen molar-refractivity contribution in [2.45, 2.75) is 123 Å². The van der Waals surface area contributed by atoms with E-state index >= 15 is 0 Å². The van der Waals surface area contributed by atoms with Crippen LogP contribution in [0.3, 0.4) is 0 Å². The number of amides is 7. The summed E-state index contributed by atoms with van der Waals surface area (Å²) in [5.41, 5.74) is 12.1. The van der Waals surface area contributed by atoms with Crippen LogP contribution < -0.4 is 32.7 Å². The molecule has 0 saturated heterocycles. The molecule has 20 nitrogen and oxygen atoms in total. The number of carboxylic acids is 2. The molecule has 7 atom stereocenters. The number of thioether (sulfide) groups is 1. The standard InChI is InChI=1S/C41H66N8O12S/c1-21(2)32(46-35(55)27(17-23-11-13-24(50)14-12-23)44-34(54)25(42)15-16-62-10)37(57)47-33(22(3)4)39(59)49(38(58)26(43)18-30(51)48(8)9)29(19-31(52)53)36(56)45-28(40(60)61)20-41(5,6)7/h11-14,21-22,25-29,32-33,50H,15-20,42-43H2,1-10H3,(H,44,54)(H,45,56)(H,46,55)(H,47,57)(H,52,53)(H,60,61)/t25-,26-,27-,28-,29-,32-,33-/m0/s1. The van der Waals surface area contributed by atoms with E-state index in [-0.39, 0.29) is 23.5 Å². The van der Waals surface area contributed by atoms with Crippen LogP contribution in [0.4, 0.5) is 0 Å². The fraction of sp³-hybridized carbons (Fsp3) is 0.634. The number of nitrogens with two attached hydrogens (primary N) is 2. The summed E-state index contributed by atoms with van der Waals surface area (Å²) in [6.07, 6.45) is 0.0531. The number of nitrogens with zero attached hydrogens (tertiary/aromatic N) is 2. The van der Waals surface area contributed by atoms with Crippen LogP contribution in [0.2, 0.25) is 0 Å². The number of carboxylic acid groups (broad SMARTS) is 2. The number of nitrogens with one attached hydrogen (secondary N) is 4. The molecule has 0 spiro atoms. The molecule has 0 aliphatic heterocycles. The molecule has 0 radical (unpaired) electrons. The summed E-state index contributed by atoms with van der Waals surface area (Å²) in [7, 11) is 2.76. The fourth-order valence-corrected chi connectivity index (χ4v) is 6.52. The minimum absolute atomic E-state index is 0.0344. The first-order valence-electron chi connectivity index (χ1n) is 20.1. The number of benzene rings is 1. The maximum absolute atomic E-state index is 14.7. The molecule has 0 heterocycles. The molecule has 0 unspecified atom stereocenters. The van der Waals surface area contributed by atoms with E-state index in [1.165, 1.54) is 51.8 Å². The average Bonchev–Trinajstić information content (AvgIpc) is 3.16. The third-order valence-corrected chi connectivity index (χ3v) is 10.2. The van der Waals surface area contributed by atoms with E-state index in [0.717, 1.165) is 4.90 Å². The van der Waals surface area contributed by atoms with Gasteiger partial charge in [0.15, 0.2) is 0 Å². The highest BCUT2D eigenvalue weighted by molar-refractivity contribution is 7.98. The van der Waals surface area contributed by atoms with E-state index in [4.69, 9.17) is 11.5 Å². The molecule has 11 N–H and O–H groups in total. The van der Waals surface area contributed by atoms with Crippen molar-refractivity contribution < 1.29 is 58.5 Å². The summed E-state index contributed by atoms with van der Waals surface area (Å²) in [6, 6.07) is -5.04. The van der Waals surface area contributed by atoms with Crippen molar-refractivity contribution in [1.29, 1.82) is 0 Å². The van der Waals surface area contributed by atoms with Crippen molar-refractivity contribution in [3.8, 4) is 5.75 Å². The van der Waals surface area contributed by atoms with E-state index in [2.05, 4.69) is 21.3 Å². The Hall–Kier alpha value is -5.28. The van der Waals surface area contributed by atoms with Gasteiger partial charge in [-0.2, -0.15) is 11.8 Å². The van der Waals surface area contributed by atoms with Crippen molar-refractivity contribution in [3.05, 3.63) is 29.8 Å². The Morgan fingerprint density at radius 1 is 0.710 bits per heavy atom. The summed E-state index contributed by atoms with van der Waals surface area (Å²) in [5.74, 6) is -11.2. The van der Waals surface area contributed by atoms with Crippen molar-refractivity contribution in [3.63, 3.8) is 0 Å². The van der Waals surface area contributed by atoms with Crippen LogP contribution in [-0.4, -0.2) is 147 Å². The molecule has 62 heavy (non-hydrogen) atoms. The molecule has 0 fully saturated rings. The van der Waals surface area contributed by atoms with Crippen LogP contribution in [-0.2, 0) is 49.6 Å². The lowest BCUT2D eigenvalue weighted by Crippen LogP contribution is -2.65. The van der Waals surface area contributed by atoms with E-state index in [1.807, 2.05) is 6.26 Å². The third kappa shape index (κ3) is 18.0. The first-order valence-corrected chi connectivity index (χ1v) is 21.5. The SMILES string of the molecule is CSCC[C@H](N)C(=O)N[C@@H](Cc1ccc(O)cc1)C(=O)N[C@H](C(=O)N[C@H](C(=O)N(C(=O)[C@@H](N)CC(=O)N(C)C)[C@@H](CC(=O)O)C(=O)N[C@@H](CC(C)(C)C)C(=O)O)C(C)C)C(C)C. The minimum Gasteiger partial charge on any atom is -0.508 e. The first-order chi connectivity index (χ1) is 28.6. The van der Waals surface area contributed by atoms with Gasteiger partial charge in [0.2, 0.25) is 35.4 Å². The Bertz CT molecular complexity index is 1750. The second-order valence-electron chi connectivity index (χ2n) is 17.2. The van der Waals surface area contributed by atoms with Gasteiger partial charge in [0, 0.05) is 20.5 Å². The number of rotatable bonds is 24. The summed E-state index contributed by atoms with van der Waals surface area (Å²) >= 11 is 1.48. The van der Waals surface area contributed by atoms with Gasteiger partial charge < -0.3 is 53.0 Å². The molecule has 21 heteroatoms. The molecule has 1 aromatic carbocycles. The maximum Gasteiger partial charge on any atom is 0.326 e. The summed E-state index contributed by atoms with van der Waals surface area (Å²) in [4.78, 5) is 122. The molecule has 348 valence electrons. The Balaban J connectivity index is 3.75. The predicted molar refractivity (Wildman–Crippen MR) is 231 cm³/mol. The quantitative estimate of drug-likeness (QED) is 0.0649. The molecule has 7 amide bonds. The van der Waals surface area contributed by atoms with Gasteiger partial charge >= 0.3 is 11.9 Å². The van der Waals surface area contributed by atoms with Gasteiger partial charge in [-0.25, -0.2) is 4.79 Å². The van der Waals surface area contributed by atoms with Gasteiger partial charge in [0.25, 0.3) is 5.91 Å². The highest BCUT2D eigenvalue weighted by Crippen LogP contribution is 2.22. The number of hydrogen-bond donors (Lipinski definition) is 9. The number of carbonyl (C=O) groups is 9. The van der Waals surface area contributed by atoms with Crippen molar-refractivity contribution in [2.75, 3.05) is 26.1 Å². The number of hydrogen-bond acceptors (Lipinski definition) is 13. The molecule has 1 aromatic rings. The number of phenolic OH excluding ortho intramolecular Hbond substituents is 1. The van der Waals surface area contributed by atoms with Gasteiger partial charge in [-0.05, 0) is 59.8 Å². The molecule has 0 saturated carbocycles. The zero-order chi connectivity index (χ0) is 47.8. The molecule has 0 bridgehead atoms. The van der Waals surface area contributed by atoms with Crippen LogP contribution in [0.15, 0.2) is 24.3 Å². The van der Waals surface area contributed by atoms with Crippen molar-refractivity contribution in [2.24, 2.45) is 28.7 Å². The lowest BCUT2D eigenvalue weighted by atomic mass is 9.88. The van der Waals surface area contributed by atoms with Crippen LogP contribution in [0.25, 0.3) is 0 Å². The number of carbonyl (C=O) groups excluding carboxylic acids is 7.